The number of phenols is 1. The maximum atomic E-state index is 11.9. The number of aliphatic carboxylic acids is 1. The number of nitrogens with two attached hydrogens (primary N) is 1. The molecule has 2 amide bonds. The number of carbonyl (C=O) groups is 3. The van der Waals surface area contributed by atoms with Gasteiger partial charge in [0.15, 0.2) is 11.5 Å². The first-order chi connectivity index (χ1) is 9.36. The molecule has 0 aliphatic heterocycles. The molecule has 108 valence electrons. The molecule has 8 heteroatoms. The van der Waals surface area contributed by atoms with Crippen LogP contribution in [0.5, 0.6) is 11.5 Å². The van der Waals surface area contributed by atoms with Gasteiger partial charge in [0.1, 0.15) is 6.04 Å². The first-order valence-electron chi connectivity index (χ1n) is 5.54. The number of hydrogen-bond donors (Lipinski definition) is 4. The molecule has 0 aliphatic rings. The lowest BCUT2D eigenvalue weighted by Crippen LogP contribution is -2.43. The number of carbonyl (C=O) groups excluding carboxylic acids is 2. The molecule has 0 bridgehead atoms. The molecule has 0 spiro atoms. The standard InChI is InChI=1S/C12H14N2O6/c1-20-8-4-2-3-6(10(8)16)11(17)14-7(12(18)19)5-9(13)15/h2-4,7,16H,5H2,1H3,(H2,13,15)(H,14,17)(H,18,19). The van der Waals surface area contributed by atoms with Gasteiger partial charge >= 0.3 is 5.97 Å². The van der Waals surface area contributed by atoms with Crippen molar-refractivity contribution in [2.24, 2.45) is 5.73 Å². The number of primary amides is 1. The number of carboxylic acids is 1. The summed E-state index contributed by atoms with van der Waals surface area (Å²) in [6.07, 6.45) is -0.550. The number of para-hydroxylation sites is 1. The number of hydrogen-bond acceptors (Lipinski definition) is 5. The summed E-state index contributed by atoms with van der Waals surface area (Å²) in [5.74, 6) is -3.47. The van der Waals surface area contributed by atoms with Gasteiger partial charge in [0.05, 0.1) is 19.1 Å². The van der Waals surface area contributed by atoms with E-state index in [0.29, 0.717) is 0 Å². The smallest absolute Gasteiger partial charge is 0.326 e. The van der Waals surface area contributed by atoms with Crippen molar-refractivity contribution in [2.45, 2.75) is 12.5 Å². The summed E-state index contributed by atoms with van der Waals surface area (Å²) >= 11 is 0. The second kappa shape index (κ2) is 6.41. The number of nitrogens with one attached hydrogen (secondary N) is 1. The van der Waals surface area contributed by atoms with E-state index in [-0.39, 0.29) is 11.3 Å². The van der Waals surface area contributed by atoms with E-state index in [1.54, 1.807) is 0 Å². The highest BCUT2D eigenvalue weighted by Crippen LogP contribution is 2.29. The highest BCUT2D eigenvalue weighted by Gasteiger charge is 2.24. The van der Waals surface area contributed by atoms with E-state index in [1.165, 1.54) is 25.3 Å². The third-order valence-electron chi connectivity index (χ3n) is 2.47. The second-order valence-electron chi connectivity index (χ2n) is 3.89. The minimum atomic E-state index is -1.47. The largest absolute Gasteiger partial charge is 0.504 e. The van der Waals surface area contributed by atoms with E-state index in [0.717, 1.165) is 0 Å². The summed E-state index contributed by atoms with van der Waals surface area (Å²) in [4.78, 5) is 33.5. The van der Waals surface area contributed by atoms with E-state index < -0.39 is 36.0 Å². The summed E-state index contributed by atoms with van der Waals surface area (Å²) in [5.41, 5.74) is 4.73. The van der Waals surface area contributed by atoms with Crippen LogP contribution in [0, 0.1) is 0 Å². The topological polar surface area (TPSA) is 139 Å². The summed E-state index contributed by atoms with van der Waals surface area (Å²) in [6.45, 7) is 0. The molecule has 8 nitrogen and oxygen atoms in total. The zero-order chi connectivity index (χ0) is 15.3. The molecule has 0 saturated heterocycles. The highest BCUT2D eigenvalue weighted by atomic mass is 16.5. The van der Waals surface area contributed by atoms with Crippen molar-refractivity contribution < 1.29 is 29.3 Å². The molecule has 0 aromatic heterocycles. The zero-order valence-corrected chi connectivity index (χ0v) is 10.6. The Kier molecular flexibility index (Phi) is 4.90. The molecule has 1 rings (SSSR count). The first kappa shape index (κ1) is 15.3. The fourth-order valence-corrected chi connectivity index (χ4v) is 1.51. The maximum absolute atomic E-state index is 11.9. The molecule has 1 aromatic rings. The molecule has 1 aromatic carbocycles. The van der Waals surface area contributed by atoms with Gasteiger partial charge in [0.2, 0.25) is 5.91 Å². The molecular weight excluding hydrogens is 268 g/mol. The van der Waals surface area contributed by atoms with Gasteiger partial charge in [-0.1, -0.05) is 6.07 Å². The van der Waals surface area contributed by atoms with Gasteiger partial charge in [0, 0.05) is 0 Å². The van der Waals surface area contributed by atoms with Crippen LogP contribution in [0.4, 0.5) is 0 Å². The Morgan fingerprint density at radius 1 is 1.40 bits per heavy atom. The molecule has 0 aliphatic carbocycles. The lowest BCUT2D eigenvalue weighted by molar-refractivity contribution is -0.140. The Hall–Kier alpha value is -2.77. The van der Waals surface area contributed by atoms with E-state index in [2.05, 4.69) is 5.32 Å². The third kappa shape index (κ3) is 3.61. The third-order valence-corrected chi connectivity index (χ3v) is 2.47. The van der Waals surface area contributed by atoms with Gasteiger partial charge in [-0.05, 0) is 12.1 Å². The van der Waals surface area contributed by atoms with E-state index in [9.17, 15) is 19.5 Å². The van der Waals surface area contributed by atoms with Crippen molar-refractivity contribution in [3.05, 3.63) is 23.8 Å². The number of methoxy groups -OCH3 is 1. The molecular formula is C12H14N2O6. The minimum Gasteiger partial charge on any atom is -0.504 e. The lowest BCUT2D eigenvalue weighted by Gasteiger charge is -2.14. The monoisotopic (exact) mass is 282 g/mol. The summed E-state index contributed by atoms with van der Waals surface area (Å²) in [6, 6.07) is 2.71. The minimum absolute atomic E-state index is 0.0689. The lowest BCUT2D eigenvalue weighted by atomic mass is 10.1. The number of amides is 2. The van der Waals surface area contributed by atoms with Crippen LogP contribution in [0.3, 0.4) is 0 Å². The molecule has 1 atom stereocenters. The number of carboxylic acid groups (broad SMARTS) is 1. The average Bonchev–Trinajstić information content (AvgIpc) is 2.37. The molecule has 20 heavy (non-hydrogen) atoms. The van der Waals surface area contributed by atoms with Gasteiger partial charge < -0.3 is 26.0 Å². The van der Waals surface area contributed by atoms with Crippen molar-refractivity contribution >= 4 is 17.8 Å². The van der Waals surface area contributed by atoms with Crippen molar-refractivity contribution in [1.29, 1.82) is 0 Å². The van der Waals surface area contributed by atoms with E-state index in [4.69, 9.17) is 15.6 Å². The fourth-order valence-electron chi connectivity index (χ4n) is 1.51. The maximum Gasteiger partial charge on any atom is 0.326 e. The number of benzene rings is 1. The number of rotatable bonds is 6. The molecule has 0 radical (unpaired) electrons. The Bertz CT molecular complexity index is 543. The molecule has 0 fully saturated rings. The number of phenolic OH excluding ortho intramolecular Hbond substituents is 1. The van der Waals surface area contributed by atoms with Crippen molar-refractivity contribution in [1.82, 2.24) is 5.32 Å². The van der Waals surface area contributed by atoms with Gasteiger partial charge in [-0.2, -0.15) is 0 Å². The van der Waals surface area contributed by atoms with Crippen molar-refractivity contribution in [3.63, 3.8) is 0 Å². The quantitative estimate of drug-likeness (QED) is 0.552. The summed E-state index contributed by atoms with van der Waals surface area (Å²) < 4.78 is 4.83. The van der Waals surface area contributed by atoms with Crippen LogP contribution < -0.4 is 15.8 Å². The summed E-state index contributed by atoms with van der Waals surface area (Å²) in [5, 5.41) is 20.7. The highest BCUT2D eigenvalue weighted by molar-refractivity contribution is 6.00. The SMILES string of the molecule is COc1cccc(C(=O)NC(CC(N)=O)C(=O)O)c1O. The van der Waals surface area contributed by atoms with Gasteiger partial charge in [-0.3, -0.25) is 9.59 Å². The van der Waals surface area contributed by atoms with Crippen LogP contribution in [0.25, 0.3) is 0 Å². The number of ether oxygens (including phenoxy) is 1. The Morgan fingerprint density at radius 2 is 2.05 bits per heavy atom. The van der Waals surface area contributed by atoms with Crippen molar-refractivity contribution in [3.8, 4) is 11.5 Å². The Balaban J connectivity index is 2.95. The Labute approximate surface area is 114 Å². The van der Waals surface area contributed by atoms with Crippen LogP contribution in [0.15, 0.2) is 18.2 Å². The predicted octanol–water partition coefficient (Wildman–Crippen LogP) is -0.541. The predicted molar refractivity (Wildman–Crippen MR) is 67.4 cm³/mol. The van der Waals surface area contributed by atoms with Crippen LogP contribution in [0.1, 0.15) is 16.8 Å². The summed E-state index contributed by atoms with van der Waals surface area (Å²) in [7, 11) is 1.31. The van der Waals surface area contributed by atoms with Crippen molar-refractivity contribution in [2.75, 3.05) is 7.11 Å². The molecule has 5 N–H and O–H groups in total. The Morgan fingerprint density at radius 3 is 2.55 bits per heavy atom. The van der Waals surface area contributed by atoms with Crippen LogP contribution in [-0.2, 0) is 9.59 Å². The fraction of sp³-hybridized carbons (Fsp3) is 0.250. The normalized spacial score (nSPS) is 11.4. The molecule has 0 saturated carbocycles. The van der Waals surface area contributed by atoms with E-state index >= 15 is 0 Å². The second-order valence-corrected chi connectivity index (χ2v) is 3.89. The first-order valence-corrected chi connectivity index (χ1v) is 5.54. The molecule has 0 heterocycles. The van der Waals surface area contributed by atoms with Crippen LogP contribution in [-0.4, -0.2) is 41.1 Å². The number of aromatic hydroxyl groups is 1. The average molecular weight is 282 g/mol. The van der Waals surface area contributed by atoms with Gasteiger partial charge in [0.25, 0.3) is 5.91 Å². The van der Waals surface area contributed by atoms with Gasteiger partial charge in [-0.25, -0.2) is 4.79 Å². The van der Waals surface area contributed by atoms with Crippen LogP contribution >= 0.6 is 0 Å². The molecule has 1 unspecified atom stereocenters. The van der Waals surface area contributed by atoms with Gasteiger partial charge in [-0.15, -0.1) is 0 Å². The van der Waals surface area contributed by atoms with Crippen LogP contribution in [0.2, 0.25) is 0 Å². The zero-order valence-electron chi connectivity index (χ0n) is 10.6. The van der Waals surface area contributed by atoms with E-state index in [1.807, 2.05) is 0 Å².